The number of aliphatic imine (C=N–C) groups is 2. The zero-order chi connectivity index (χ0) is 10.4. The molecule has 0 amide bonds. The summed E-state index contributed by atoms with van der Waals surface area (Å²) in [5.74, 6) is 0. The maximum absolute atomic E-state index is 10.1. The van der Waals surface area contributed by atoms with E-state index in [-0.39, 0.29) is 6.54 Å². The Morgan fingerprint density at radius 2 is 2.07 bits per heavy atom. The van der Waals surface area contributed by atoms with Crippen molar-refractivity contribution in [1.82, 2.24) is 0 Å². The van der Waals surface area contributed by atoms with Gasteiger partial charge in [-0.2, -0.15) is 4.99 Å². The largest absolute Gasteiger partial charge is 0.240 e. The number of hydrogen-bond acceptors (Lipinski definition) is 4. The summed E-state index contributed by atoms with van der Waals surface area (Å²) >= 11 is 0. The van der Waals surface area contributed by atoms with Gasteiger partial charge in [-0.25, -0.2) is 14.6 Å². The minimum atomic E-state index is 0.261. The number of hydrogen-bond donors (Lipinski definition) is 0. The lowest BCUT2D eigenvalue weighted by molar-refractivity contribution is 0.562. The zero-order valence-electron chi connectivity index (χ0n) is 7.65. The highest BCUT2D eigenvalue weighted by Crippen LogP contribution is 2.21. The standard InChI is InChI=1S/C10H8N2O2/c1-8-9(5-11-6-13)3-2-4-10(8)12-7-14/h2-4H,5H2,1H3. The minimum Gasteiger partial charge on any atom is -0.211 e. The van der Waals surface area contributed by atoms with Crippen LogP contribution in [-0.2, 0) is 16.1 Å². The maximum atomic E-state index is 10.1. The molecule has 0 aliphatic rings. The number of carbonyl (C=O) groups excluding carboxylic acids is 2. The summed E-state index contributed by atoms with van der Waals surface area (Å²) in [5.41, 5.74) is 2.23. The van der Waals surface area contributed by atoms with E-state index in [0.29, 0.717) is 5.69 Å². The smallest absolute Gasteiger partial charge is 0.211 e. The summed E-state index contributed by atoms with van der Waals surface area (Å²) in [6, 6.07) is 5.27. The quantitative estimate of drug-likeness (QED) is 0.536. The van der Waals surface area contributed by atoms with Crippen molar-refractivity contribution in [3.05, 3.63) is 29.3 Å². The van der Waals surface area contributed by atoms with Crippen LogP contribution in [0.1, 0.15) is 11.1 Å². The van der Waals surface area contributed by atoms with Gasteiger partial charge >= 0.3 is 0 Å². The maximum Gasteiger partial charge on any atom is 0.240 e. The van der Waals surface area contributed by atoms with E-state index in [9.17, 15) is 9.59 Å². The summed E-state index contributed by atoms with van der Waals surface area (Å²) < 4.78 is 0. The lowest BCUT2D eigenvalue weighted by Gasteiger charge is -2.03. The lowest BCUT2D eigenvalue weighted by Crippen LogP contribution is -1.86. The Balaban J connectivity index is 3.12. The fourth-order valence-corrected chi connectivity index (χ4v) is 1.13. The van der Waals surface area contributed by atoms with Gasteiger partial charge in [0.1, 0.15) is 0 Å². The van der Waals surface area contributed by atoms with Crippen molar-refractivity contribution >= 4 is 17.8 Å². The highest BCUT2D eigenvalue weighted by molar-refractivity contribution is 5.55. The Kier molecular flexibility index (Phi) is 3.50. The Morgan fingerprint density at radius 1 is 1.29 bits per heavy atom. The SMILES string of the molecule is Cc1c(CN=C=O)cccc1N=C=O. The van der Waals surface area contributed by atoms with Crippen LogP contribution in [0.15, 0.2) is 28.2 Å². The van der Waals surface area contributed by atoms with Gasteiger partial charge in [0.2, 0.25) is 12.2 Å². The molecule has 0 spiro atoms. The van der Waals surface area contributed by atoms with Crippen LogP contribution in [0, 0.1) is 6.92 Å². The molecule has 0 bridgehead atoms. The molecule has 70 valence electrons. The molecule has 4 heteroatoms. The molecule has 0 aliphatic heterocycles. The average molecular weight is 188 g/mol. The van der Waals surface area contributed by atoms with Gasteiger partial charge in [-0.3, -0.25) is 0 Å². The fourth-order valence-electron chi connectivity index (χ4n) is 1.13. The first-order valence-corrected chi connectivity index (χ1v) is 3.99. The number of nitrogens with zero attached hydrogens (tertiary/aromatic N) is 2. The van der Waals surface area contributed by atoms with Gasteiger partial charge in [0, 0.05) is 0 Å². The third kappa shape index (κ3) is 2.23. The summed E-state index contributed by atoms with van der Waals surface area (Å²) in [7, 11) is 0. The Hall–Kier alpha value is -2.02. The monoisotopic (exact) mass is 188 g/mol. The van der Waals surface area contributed by atoms with Gasteiger partial charge in [0.25, 0.3) is 0 Å². The molecule has 0 fully saturated rings. The van der Waals surface area contributed by atoms with E-state index in [0.717, 1.165) is 11.1 Å². The molecule has 0 atom stereocenters. The van der Waals surface area contributed by atoms with Crippen LogP contribution in [0.5, 0.6) is 0 Å². The summed E-state index contributed by atoms with van der Waals surface area (Å²) in [5, 5.41) is 0. The summed E-state index contributed by atoms with van der Waals surface area (Å²) in [6.07, 6.45) is 2.94. The van der Waals surface area contributed by atoms with Gasteiger partial charge in [0.15, 0.2) is 0 Å². The Morgan fingerprint density at radius 3 is 2.71 bits per heavy atom. The molecule has 0 aromatic heterocycles. The molecule has 0 saturated carbocycles. The van der Waals surface area contributed by atoms with Crippen LogP contribution in [0.2, 0.25) is 0 Å². The van der Waals surface area contributed by atoms with Crippen LogP contribution < -0.4 is 0 Å². The van der Waals surface area contributed by atoms with Gasteiger partial charge in [-0.05, 0) is 24.1 Å². The third-order valence-electron chi connectivity index (χ3n) is 1.90. The average Bonchev–Trinajstić information content (AvgIpc) is 2.20. The van der Waals surface area contributed by atoms with Crippen molar-refractivity contribution in [3.63, 3.8) is 0 Å². The topological polar surface area (TPSA) is 58.9 Å². The van der Waals surface area contributed by atoms with E-state index in [2.05, 4.69) is 9.98 Å². The normalized spacial score (nSPS) is 8.64. The second kappa shape index (κ2) is 4.87. The van der Waals surface area contributed by atoms with Crippen LogP contribution in [0.4, 0.5) is 5.69 Å². The highest BCUT2D eigenvalue weighted by atomic mass is 16.1. The molecule has 0 heterocycles. The summed E-state index contributed by atoms with van der Waals surface area (Å²) in [6.45, 7) is 2.07. The van der Waals surface area contributed by atoms with E-state index >= 15 is 0 Å². The van der Waals surface area contributed by atoms with Gasteiger partial charge < -0.3 is 0 Å². The second-order valence-corrected chi connectivity index (χ2v) is 2.67. The summed E-state index contributed by atoms with van der Waals surface area (Å²) in [4.78, 5) is 27.0. The zero-order valence-corrected chi connectivity index (χ0v) is 7.65. The van der Waals surface area contributed by atoms with Gasteiger partial charge in [-0.1, -0.05) is 12.1 Å². The molecule has 0 N–H and O–H groups in total. The van der Waals surface area contributed by atoms with Crippen LogP contribution in [-0.4, -0.2) is 12.2 Å². The highest BCUT2D eigenvalue weighted by Gasteiger charge is 2.01. The molecule has 4 nitrogen and oxygen atoms in total. The predicted molar refractivity (Wildman–Crippen MR) is 50.8 cm³/mol. The van der Waals surface area contributed by atoms with Crippen LogP contribution >= 0.6 is 0 Å². The van der Waals surface area contributed by atoms with E-state index < -0.39 is 0 Å². The molecular weight excluding hydrogens is 180 g/mol. The van der Waals surface area contributed by atoms with E-state index in [4.69, 9.17) is 0 Å². The van der Waals surface area contributed by atoms with Gasteiger partial charge in [-0.15, -0.1) is 0 Å². The van der Waals surface area contributed by atoms with Gasteiger partial charge in [0.05, 0.1) is 12.2 Å². The Labute approximate surface area is 81.0 Å². The van der Waals surface area contributed by atoms with E-state index in [1.807, 2.05) is 13.0 Å². The van der Waals surface area contributed by atoms with Crippen molar-refractivity contribution in [1.29, 1.82) is 0 Å². The molecule has 14 heavy (non-hydrogen) atoms. The van der Waals surface area contributed by atoms with E-state index in [1.54, 1.807) is 12.1 Å². The van der Waals surface area contributed by atoms with Crippen molar-refractivity contribution < 1.29 is 9.59 Å². The van der Waals surface area contributed by atoms with Crippen LogP contribution in [0.25, 0.3) is 0 Å². The molecular formula is C10H8N2O2. The molecule has 0 unspecified atom stereocenters. The molecule has 0 saturated heterocycles. The molecule has 1 aromatic rings. The molecule has 1 aromatic carbocycles. The predicted octanol–water partition coefficient (Wildman–Crippen LogP) is 1.80. The minimum absolute atomic E-state index is 0.261. The van der Waals surface area contributed by atoms with E-state index in [1.165, 1.54) is 12.2 Å². The molecule has 0 aliphatic carbocycles. The van der Waals surface area contributed by atoms with Crippen molar-refractivity contribution in [3.8, 4) is 0 Å². The first-order chi connectivity index (χ1) is 6.79. The number of rotatable bonds is 3. The second-order valence-electron chi connectivity index (χ2n) is 2.67. The van der Waals surface area contributed by atoms with Crippen molar-refractivity contribution in [2.24, 2.45) is 9.98 Å². The number of isocyanates is 2. The fraction of sp³-hybridized carbons (Fsp3) is 0.200. The first-order valence-electron chi connectivity index (χ1n) is 3.99. The third-order valence-corrected chi connectivity index (χ3v) is 1.90. The van der Waals surface area contributed by atoms with Crippen molar-refractivity contribution in [2.75, 3.05) is 0 Å². The van der Waals surface area contributed by atoms with Crippen LogP contribution in [0.3, 0.4) is 0 Å². The molecule has 0 radical (unpaired) electrons. The van der Waals surface area contributed by atoms with Crippen molar-refractivity contribution in [2.45, 2.75) is 13.5 Å². The lowest BCUT2D eigenvalue weighted by atomic mass is 10.1. The first kappa shape index (κ1) is 10.1. The Bertz CT molecular complexity index is 428. The number of benzene rings is 1. The molecule has 1 rings (SSSR count).